The highest BCUT2D eigenvalue weighted by Crippen LogP contribution is 2.21. The maximum absolute atomic E-state index is 12.2. The number of hydrogen-bond acceptors (Lipinski definition) is 5. The first-order valence-corrected chi connectivity index (χ1v) is 6.13. The van der Waals surface area contributed by atoms with E-state index in [0.29, 0.717) is 36.2 Å². The third kappa shape index (κ3) is 2.47. The molecule has 1 N–H and O–H groups in total. The maximum atomic E-state index is 12.2. The van der Waals surface area contributed by atoms with Gasteiger partial charge in [0.2, 0.25) is 12.2 Å². The highest BCUT2D eigenvalue weighted by molar-refractivity contribution is 6.30. The van der Waals surface area contributed by atoms with Crippen molar-refractivity contribution in [2.75, 3.05) is 19.7 Å². The predicted octanol–water partition coefficient (Wildman–Crippen LogP) is 1.26. The number of H-pyrrole nitrogens is 1. The lowest BCUT2D eigenvalue weighted by Crippen LogP contribution is -2.42. The molecular formula is C11H11ClN4O3. The molecule has 0 radical (unpaired) electrons. The second-order valence-corrected chi connectivity index (χ2v) is 4.57. The summed E-state index contributed by atoms with van der Waals surface area (Å²) in [6.45, 7) is 1.33. The van der Waals surface area contributed by atoms with E-state index in [1.165, 1.54) is 6.39 Å². The standard InChI is InChI=1S/C11H11ClN4O3/c12-7-3-8(13-4-7)11(17)16-1-2-18-9(5-16)10-14-6-19-15-10/h3-4,6,9,13H,1-2,5H2/t9-/m1/s1. The van der Waals surface area contributed by atoms with E-state index in [-0.39, 0.29) is 12.0 Å². The molecule has 3 rings (SSSR count). The van der Waals surface area contributed by atoms with Crippen molar-refractivity contribution in [3.8, 4) is 0 Å². The Morgan fingerprint density at radius 3 is 3.16 bits per heavy atom. The van der Waals surface area contributed by atoms with Crippen molar-refractivity contribution in [1.29, 1.82) is 0 Å². The Balaban J connectivity index is 1.73. The lowest BCUT2D eigenvalue weighted by atomic mass is 10.2. The van der Waals surface area contributed by atoms with Crippen LogP contribution in [-0.2, 0) is 4.74 Å². The molecule has 8 heteroatoms. The zero-order chi connectivity index (χ0) is 13.2. The zero-order valence-corrected chi connectivity index (χ0v) is 10.6. The van der Waals surface area contributed by atoms with Crippen molar-refractivity contribution in [1.82, 2.24) is 20.0 Å². The van der Waals surface area contributed by atoms with Gasteiger partial charge < -0.3 is 19.1 Å². The molecule has 1 atom stereocenters. The maximum Gasteiger partial charge on any atom is 0.270 e. The Bertz CT molecular complexity index is 568. The molecule has 2 aromatic rings. The molecule has 7 nitrogen and oxygen atoms in total. The van der Waals surface area contributed by atoms with Gasteiger partial charge in [0.15, 0.2) is 0 Å². The van der Waals surface area contributed by atoms with E-state index in [1.807, 2.05) is 0 Å². The first kappa shape index (κ1) is 12.2. The molecule has 0 aliphatic carbocycles. The Morgan fingerprint density at radius 2 is 2.47 bits per heavy atom. The quantitative estimate of drug-likeness (QED) is 0.896. The number of nitrogens with one attached hydrogen (secondary N) is 1. The van der Waals surface area contributed by atoms with Gasteiger partial charge >= 0.3 is 0 Å². The average Bonchev–Trinajstić information content (AvgIpc) is 3.09. The fraction of sp³-hybridized carbons (Fsp3) is 0.364. The lowest BCUT2D eigenvalue weighted by Gasteiger charge is -2.31. The van der Waals surface area contributed by atoms with Crippen LogP contribution in [0.2, 0.25) is 5.02 Å². The van der Waals surface area contributed by atoms with Crippen molar-refractivity contribution in [3.05, 3.63) is 35.2 Å². The fourth-order valence-electron chi connectivity index (χ4n) is 1.97. The number of aromatic nitrogens is 3. The largest absolute Gasteiger partial charge is 0.366 e. The third-order valence-electron chi connectivity index (χ3n) is 2.90. The number of rotatable bonds is 2. The molecule has 1 amide bonds. The predicted molar refractivity (Wildman–Crippen MR) is 64.7 cm³/mol. The first-order valence-electron chi connectivity index (χ1n) is 5.75. The summed E-state index contributed by atoms with van der Waals surface area (Å²) in [4.78, 5) is 20.7. The summed E-state index contributed by atoms with van der Waals surface area (Å²) in [7, 11) is 0. The minimum absolute atomic E-state index is 0.122. The van der Waals surface area contributed by atoms with Gasteiger partial charge in [-0.25, -0.2) is 0 Å². The smallest absolute Gasteiger partial charge is 0.270 e. The number of carbonyl (C=O) groups is 1. The SMILES string of the molecule is O=C(c1cc(Cl)c[nH]1)N1CCO[C@@H](c2ncon2)C1. The van der Waals surface area contributed by atoms with Crippen LogP contribution in [0.5, 0.6) is 0 Å². The monoisotopic (exact) mass is 282 g/mol. The van der Waals surface area contributed by atoms with Crippen LogP contribution in [-0.4, -0.2) is 45.6 Å². The van der Waals surface area contributed by atoms with Gasteiger partial charge in [0.05, 0.1) is 18.2 Å². The van der Waals surface area contributed by atoms with Crippen LogP contribution in [0.1, 0.15) is 22.4 Å². The number of hydrogen-bond donors (Lipinski definition) is 1. The number of carbonyl (C=O) groups excluding carboxylic acids is 1. The van der Waals surface area contributed by atoms with E-state index in [0.717, 1.165) is 0 Å². The molecule has 1 saturated heterocycles. The molecule has 0 bridgehead atoms. The Kier molecular flexibility index (Phi) is 3.22. The van der Waals surface area contributed by atoms with Crippen LogP contribution in [0.4, 0.5) is 0 Å². The summed E-state index contributed by atoms with van der Waals surface area (Å²) >= 11 is 5.79. The normalized spacial score (nSPS) is 19.6. The second-order valence-electron chi connectivity index (χ2n) is 4.13. The van der Waals surface area contributed by atoms with Crippen LogP contribution in [0.15, 0.2) is 23.2 Å². The van der Waals surface area contributed by atoms with Gasteiger partial charge in [-0.3, -0.25) is 4.79 Å². The average molecular weight is 283 g/mol. The number of halogens is 1. The number of morpholine rings is 1. The Hall–Kier alpha value is -1.86. The van der Waals surface area contributed by atoms with Crippen molar-refractivity contribution < 1.29 is 14.1 Å². The molecule has 1 fully saturated rings. The van der Waals surface area contributed by atoms with Gasteiger partial charge in [-0.1, -0.05) is 16.8 Å². The molecule has 3 heterocycles. The Labute approximate surface area is 113 Å². The van der Waals surface area contributed by atoms with E-state index >= 15 is 0 Å². The van der Waals surface area contributed by atoms with Crippen molar-refractivity contribution >= 4 is 17.5 Å². The van der Waals surface area contributed by atoms with Gasteiger partial charge in [-0.15, -0.1) is 0 Å². The fourth-order valence-corrected chi connectivity index (χ4v) is 2.14. The molecule has 0 saturated carbocycles. The third-order valence-corrected chi connectivity index (χ3v) is 3.12. The van der Waals surface area contributed by atoms with Crippen LogP contribution in [0.25, 0.3) is 0 Å². The molecule has 0 unspecified atom stereocenters. The molecule has 1 aliphatic rings. The summed E-state index contributed by atoms with van der Waals surface area (Å²) in [5, 5.41) is 4.24. The van der Waals surface area contributed by atoms with E-state index < -0.39 is 0 Å². The molecule has 0 aromatic carbocycles. The molecule has 1 aliphatic heterocycles. The first-order chi connectivity index (χ1) is 9.24. The van der Waals surface area contributed by atoms with Gasteiger partial charge in [-0.2, -0.15) is 4.98 Å². The summed E-state index contributed by atoms with van der Waals surface area (Å²) in [6, 6.07) is 1.60. The summed E-state index contributed by atoms with van der Waals surface area (Å²) in [6.07, 6.45) is 2.46. The summed E-state index contributed by atoms with van der Waals surface area (Å²) < 4.78 is 10.2. The number of aromatic amines is 1. The van der Waals surface area contributed by atoms with E-state index in [4.69, 9.17) is 16.3 Å². The minimum atomic E-state index is -0.359. The van der Waals surface area contributed by atoms with Crippen LogP contribution in [0.3, 0.4) is 0 Å². The topological polar surface area (TPSA) is 84.2 Å². The van der Waals surface area contributed by atoms with Gasteiger partial charge in [-0.05, 0) is 6.07 Å². The Morgan fingerprint density at radius 1 is 1.58 bits per heavy atom. The van der Waals surface area contributed by atoms with Crippen molar-refractivity contribution in [2.24, 2.45) is 0 Å². The van der Waals surface area contributed by atoms with Crippen LogP contribution in [0, 0.1) is 0 Å². The summed E-state index contributed by atoms with van der Waals surface area (Å²) in [5.41, 5.74) is 0.457. The van der Waals surface area contributed by atoms with Crippen LogP contribution >= 0.6 is 11.6 Å². The lowest BCUT2D eigenvalue weighted by molar-refractivity contribution is -0.0278. The van der Waals surface area contributed by atoms with Gasteiger partial charge in [0, 0.05) is 12.7 Å². The zero-order valence-electron chi connectivity index (χ0n) is 9.88. The highest BCUT2D eigenvalue weighted by atomic mass is 35.5. The summed E-state index contributed by atoms with van der Waals surface area (Å²) in [5.74, 6) is 0.325. The molecule has 100 valence electrons. The van der Waals surface area contributed by atoms with Crippen molar-refractivity contribution in [2.45, 2.75) is 6.10 Å². The minimum Gasteiger partial charge on any atom is -0.366 e. The van der Waals surface area contributed by atoms with E-state index in [9.17, 15) is 4.79 Å². The van der Waals surface area contributed by atoms with Gasteiger partial charge in [0.1, 0.15) is 11.8 Å². The highest BCUT2D eigenvalue weighted by Gasteiger charge is 2.29. The molecular weight excluding hydrogens is 272 g/mol. The van der Waals surface area contributed by atoms with E-state index in [1.54, 1.807) is 17.2 Å². The van der Waals surface area contributed by atoms with Gasteiger partial charge in [0.25, 0.3) is 5.91 Å². The molecule has 2 aromatic heterocycles. The number of ether oxygens (including phenoxy) is 1. The number of amides is 1. The number of nitrogens with zero attached hydrogens (tertiary/aromatic N) is 3. The van der Waals surface area contributed by atoms with Crippen LogP contribution < -0.4 is 0 Å². The second kappa shape index (κ2) is 5.02. The molecule has 19 heavy (non-hydrogen) atoms. The van der Waals surface area contributed by atoms with E-state index in [2.05, 4.69) is 19.6 Å². The molecule has 0 spiro atoms. The van der Waals surface area contributed by atoms with Crippen molar-refractivity contribution in [3.63, 3.8) is 0 Å².